The fraction of sp³-hybridized carbons (Fsp3) is 0.231. The highest BCUT2D eigenvalue weighted by atomic mass is 32.2. The van der Waals surface area contributed by atoms with Gasteiger partial charge in [0.2, 0.25) is 0 Å². The number of sulfone groups is 1. The third-order valence-electron chi connectivity index (χ3n) is 5.84. The first kappa shape index (κ1) is 25.9. The smallest absolute Gasteiger partial charge is 0.255 e. The average molecular weight is 497 g/mol. The Morgan fingerprint density at radius 2 is 1.69 bits per heavy atom. The third-order valence-corrected chi connectivity index (χ3v) is 7.94. The van der Waals surface area contributed by atoms with E-state index in [-0.39, 0.29) is 24.3 Å². The molecule has 0 saturated carbocycles. The van der Waals surface area contributed by atoms with Gasteiger partial charge in [0.05, 0.1) is 10.3 Å². The molecule has 8 nitrogen and oxygen atoms in total. The molecule has 0 fully saturated rings. The number of carbonyl (C=O) groups excluding carboxylic acids is 1. The number of aliphatic hydroxyl groups excluding tert-OH is 1. The molecule has 3 rings (SSSR count). The standard InChI is InChI=1S/C26H28N2O6S/c1-26(35(2,33)34,18-27-25(32)21-10-6-7-11-22(21)29)17-24(31)28-15-14-20(16-23(28)30)13-12-19-8-4-3-5-9-19/h3-16,24,29,31H,17-18H2,1-2H3,(H,27,32). The van der Waals surface area contributed by atoms with Crippen molar-refractivity contribution in [2.75, 3.05) is 12.8 Å². The molecule has 1 amide bonds. The van der Waals surface area contributed by atoms with Crippen LogP contribution in [-0.2, 0) is 9.84 Å². The van der Waals surface area contributed by atoms with E-state index in [0.717, 1.165) is 16.4 Å². The van der Waals surface area contributed by atoms with Crippen LogP contribution in [0.15, 0.2) is 77.7 Å². The second-order valence-electron chi connectivity index (χ2n) is 8.56. The number of benzene rings is 2. The summed E-state index contributed by atoms with van der Waals surface area (Å²) in [6.45, 7) is 1.06. The summed E-state index contributed by atoms with van der Waals surface area (Å²) in [6.07, 6.45) is 4.24. The van der Waals surface area contributed by atoms with Crippen LogP contribution in [0.2, 0.25) is 0 Å². The molecular formula is C26H28N2O6S. The van der Waals surface area contributed by atoms with E-state index in [1.807, 2.05) is 36.4 Å². The van der Waals surface area contributed by atoms with Crippen LogP contribution in [0.5, 0.6) is 5.75 Å². The fourth-order valence-electron chi connectivity index (χ4n) is 3.48. The quantitative estimate of drug-likeness (QED) is 0.418. The lowest BCUT2D eigenvalue weighted by molar-refractivity contribution is 0.0766. The van der Waals surface area contributed by atoms with Gasteiger partial charge in [-0.15, -0.1) is 0 Å². The first-order valence-electron chi connectivity index (χ1n) is 10.9. The van der Waals surface area contributed by atoms with Crippen molar-refractivity contribution in [2.24, 2.45) is 0 Å². The number of pyridine rings is 1. The number of aliphatic hydroxyl groups is 1. The van der Waals surface area contributed by atoms with Crippen LogP contribution in [-0.4, -0.2) is 46.7 Å². The number of para-hydroxylation sites is 1. The molecule has 2 atom stereocenters. The minimum Gasteiger partial charge on any atom is -0.507 e. The van der Waals surface area contributed by atoms with Crippen LogP contribution in [0.1, 0.15) is 41.1 Å². The van der Waals surface area contributed by atoms with Crippen molar-refractivity contribution in [1.82, 2.24) is 9.88 Å². The summed E-state index contributed by atoms with van der Waals surface area (Å²) in [4.78, 5) is 25.1. The molecule has 0 saturated heterocycles. The topological polar surface area (TPSA) is 126 Å². The fourth-order valence-corrected chi connectivity index (χ4v) is 4.27. The van der Waals surface area contributed by atoms with Crippen molar-refractivity contribution >= 4 is 27.9 Å². The second-order valence-corrected chi connectivity index (χ2v) is 11.1. The van der Waals surface area contributed by atoms with Gasteiger partial charge in [-0.05, 0) is 36.2 Å². The number of amides is 1. The number of aromatic hydroxyl groups is 1. The van der Waals surface area contributed by atoms with Crippen LogP contribution < -0.4 is 10.9 Å². The van der Waals surface area contributed by atoms with Gasteiger partial charge in [-0.3, -0.25) is 14.2 Å². The van der Waals surface area contributed by atoms with Gasteiger partial charge in [0.1, 0.15) is 12.0 Å². The minimum atomic E-state index is -3.78. The first-order chi connectivity index (χ1) is 16.5. The molecule has 184 valence electrons. The molecule has 0 aliphatic rings. The van der Waals surface area contributed by atoms with Gasteiger partial charge in [0.25, 0.3) is 11.5 Å². The highest BCUT2D eigenvalue weighted by molar-refractivity contribution is 7.92. The summed E-state index contributed by atoms with van der Waals surface area (Å²) in [5.74, 6) is -0.891. The maximum Gasteiger partial charge on any atom is 0.255 e. The Labute approximate surface area is 204 Å². The molecule has 2 aromatic carbocycles. The molecule has 2 unspecified atom stereocenters. The number of aromatic nitrogens is 1. The van der Waals surface area contributed by atoms with E-state index in [4.69, 9.17) is 0 Å². The Kier molecular flexibility index (Phi) is 7.93. The molecule has 0 radical (unpaired) electrons. The number of carbonyl (C=O) groups is 1. The number of nitrogens with zero attached hydrogens (tertiary/aromatic N) is 1. The third kappa shape index (κ3) is 6.46. The van der Waals surface area contributed by atoms with Crippen molar-refractivity contribution in [1.29, 1.82) is 0 Å². The highest BCUT2D eigenvalue weighted by Gasteiger charge is 2.39. The molecular weight excluding hydrogens is 468 g/mol. The van der Waals surface area contributed by atoms with Gasteiger partial charge in [-0.2, -0.15) is 0 Å². The summed E-state index contributed by atoms with van der Waals surface area (Å²) in [7, 11) is -3.78. The largest absolute Gasteiger partial charge is 0.507 e. The normalized spacial score (nSPS) is 14.4. The van der Waals surface area contributed by atoms with Crippen LogP contribution in [0, 0.1) is 0 Å². The Bertz CT molecular complexity index is 1380. The van der Waals surface area contributed by atoms with E-state index in [1.165, 1.54) is 31.3 Å². The zero-order chi connectivity index (χ0) is 25.6. The Morgan fingerprint density at radius 3 is 2.31 bits per heavy atom. The zero-order valence-corrected chi connectivity index (χ0v) is 20.3. The predicted molar refractivity (Wildman–Crippen MR) is 136 cm³/mol. The van der Waals surface area contributed by atoms with Gasteiger partial charge in [-0.25, -0.2) is 8.42 Å². The summed E-state index contributed by atoms with van der Waals surface area (Å²) in [6, 6.07) is 18.4. The Balaban J connectivity index is 1.76. The van der Waals surface area contributed by atoms with Crippen molar-refractivity contribution in [3.63, 3.8) is 0 Å². The number of nitrogens with one attached hydrogen (secondary N) is 1. The van der Waals surface area contributed by atoms with Crippen molar-refractivity contribution in [2.45, 2.75) is 24.3 Å². The molecule has 0 bridgehead atoms. The molecule has 1 aromatic heterocycles. The first-order valence-corrected chi connectivity index (χ1v) is 12.8. The summed E-state index contributed by atoms with van der Waals surface area (Å²) >= 11 is 0. The highest BCUT2D eigenvalue weighted by Crippen LogP contribution is 2.26. The van der Waals surface area contributed by atoms with Crippen LogP contribution in [0.4, 0.5) is 0 Å². The Hall–Kier alpha value is -3.69. The van der Waals surface area contributed by atoms with E-state index in [2.05, 4.69) is 5.32 Å². The van der Waals surface area contributed by atoms with Crippen molar-refractivity contribution in [3.05, 3.63) is 100.0 Å². The average Bonchev–Trinajstić information content (AvgIpc) is 2.81. The SMILES string of the molecule is CC(CNC(=O)c1ccccc1O)(CC(O)n1ccc(C=Cc2ccccc2)cc1=O)S(C)(=O)=O. The molecule has 9 heteroatoms. The van der Waals surface area contributed by atoms with E-state index in [1.54, 1.807) is 24.3 Å². The number of phenolic OH excluding ortho intramolecular Hbond substituents is 1. The molecule has 0 aliphatic heterocycles. The summed E-state index contributed by atoms with van der Waals surface area (Å²) in [5.41, 5.74) is 1.09. The van der Waals surface area contributed by atoms with Gasteiger partial charge < -0.3 is 15.5 Å². The van der Waals surface area contributed by atoms with Gasteiger partial charge >= 0.3 is 0 Å². The van der Waals surface area contributed by atoms with Crippen molar-refractivity contribution < 1.29 is 23.4 Å². The number of rotatable bonds is 9. The molecule has 3 N–H and O–H groups in total. The monoisotopic (exact) mass is 496 g/mol. The minimum absolute atomic E-state index is 0.000680. The maximum absolute atomic E-state index is 12.6. The molecule has 3 aromatic rings. The molecule has 0 spiro atoms. The number of phenols is 1. The van der Waals surface area contributed by atoms with Crippen LogP contribution >= 0.6 is 0 Å². The predicted octanol–water partition coefficient (Wildman–Crippen LogP) is 2.84. The van der Waals surface area contributed by atoms with E-state index in [9.17, 15) is 28.2 Å². The van der Waals surface area contributed by atoms with Gasteiger partial charge in [-0.1, -0.05) is 54.6 Å². The molecule has 35 heavy (non-hydrogen) atoms. The zero-order valence-electron chi connectivity index (χ0n) is 19.5. The lowest BCUT2D eigenvalue weighted by Gasteiger charge is -2.30. The summed E-state index contributed by atoms with van der Waals surface area (Å²) < 4.78 is 24.6. The summed E-state index contributed by atoms with van der Waals surface area (Å²) in [5, 5.41) is 23.1. The number of hydrogen-bond acceptors (Lipinski definition) is 6. The van der Waals surface area contributed by atoms with E-state index < -0.39 is 32.3 Å². The Morgan fingerprint density at radius 1 is 1.06 bits per heavy atom. The van der Waals surface area contributed by atoms with Crippen LogP contribution in [0.25, 0.3) is 12.2 Å². The van der Waals surface area contributed by atoms with Crippen molar-refractivity contribution in [3.8, 4) is 5.75 Å². The van der Waals surface area contributed by atoms with Gasteiger partial charge in [0.15, 0.2) is 9.84 Å². The molecule has 1 heterocycles. The maximum atomic E-state index is 12.6. The van der Waals surface area contributed by atoms with E-state index in [0.29, 0.717) is 5.56 Å². The lowest BCUT2D eigenvalue weighted by atomic mass is 10.0. The number of hydrogen-bond donors (Lipinski definition) is 3. The lowest BCUT2D eigenvalue weighted by Crippen LogP contribution is -2.48. The van der Waals surface area contributed by atoms with Gasteiger partial charge in [0, 0.05) is 31.5 Å². The second kappa shape index (κ2) is 10.7. The van der Waals surface area contributed by atoms with Crippen LogP contribution in [0.3, 0.4) is 0 Å². The van der Waals surface area contributed by atoms with E-state index >= 15 is 0 Å². The molecule has 0 aliphatic carbocycles.